The largest absolute Gasteiger partial charge is 0.475 e. The van der Waals surface area contributed by atoms with Gasteiger partial charge in [0.25, 0.3) is 0 Å². The van der Waals surface area contributed by atoms with Crippen molar-refractivity contribution in [2.24, 2.45) is 17.3 Å². The topological polar surface area (TPSA) is 137 Å². The Morgan fingerprint density at radius 2 is 1.69 bits per heavy atom. The highest BCUT2D eigenvalue weighted by molar-refractivity contribution is 7.15. The second-order valence-corrected chi connectivity index (χ2v) is 9.24. The molecule has 0 radical (unpaired) electrons. The normalized spacial score (nSPS) is 19.9. The first-order valence-electron chi connectivity index (χ1n) is 11.5. The number of aliphatic hydroxyl groups excluding tert-OH is 2. The summed E-state index contributed by atoms with van der Waals surface area (Å²) < 4.78 is 18.0. The first kappa shape index (κ1) is 29.2. The van der Waals surface area contributed by atoms with Gasteiger partial charge in [0.15, 0.2) is 0 Å². The maximum atomic E-state index is 11.5. The van der Waals surface area contributed by atoms with Gasteiger partial charge in [-0.3, -0.25) is 4.90 Å². The van der Waals surface area contributed by atoms with Gasteiger partial charge >= 0.3 is 11.1 Å². The highest BCUT2D eigenvalue weighted by Gasteiger charge is 2.39. The molecule has 0 saturated heterocycles. The quantitative estimate of drug-likeness (QED) is 0.161. The molecule has 0 spiro atoms. The third-order valence-electron chi connectivity index (χ3n) is 5.64. The van der Waals surface area contributed by atoms with Gasteiger partial charge in [-0.05, 0) is 25.2 Å². The SMILES string of the molecule is Cc1sc(N=NC2C=CC=CC2(C)N(CCOCCO)CCOCCOCCO)[n+](C)c1C(=O)O. The summed E-state index contributed by atoms with van der Waals surface area (Å²) in [6.07, 6.45) is 7.92. The number of aryl methyl sites for hydroxylation is 1. The molecule has 196 valence electrons. The van der Waals surface area contributed by atoms with Crippen LogP contribution in [-0.4, -0.2) is 104 Å². The van der Waals surface area contributed by atoms with Gasteiger partial charge in [0.2, 0.25) is 5.69 Å². The zero-order valence-electron chi connectivity index (χ0n) is 20.6. The average Bonchev–Trinajstić information content (AvgIpc) is 3.12. The Balaban J connectivity index is 2.14. The van der Waals surface area contributed by atoms with Crippen LogP contribution >= 0.6 is 11.3 Å². The molecule has 0 bridgehead atoms. The fourth-order valence-corrected chi connectivity index (χ4v) is 4.65. The maximum Gasteiger partial charge on any atom is 0.408 e. The van der Waals surface area contributed by atoms with Crippen molar-refractivity contribution in [3.8, 4) is 0 Å². The molecule has 35 heavy (non-hydrogen) atoms. The zero-order valence-corrected chi connectivity index (χ0v) is 21.4. The number of nitrogens with zero attached hydrogens (tertiary/aromatic N) is 4. The molecule has 1 aromatic rings. The van der Waals surface area contributed by atoms with E-state index in [1.54, 1.807) is 18.5 Å². The number of rotatable bonds is 17. The molecule has 2 rings (SSSR count). The summed E-state index contributed by atoms with van der Waals surface area (Å²) in [5.74, 6) is -0.996. The van der Waals surface area contributed by atoms with Crippen LogP contribution in [0.3, 0.4) is 0 Å². The highest BCUT2D eigenvalue weighted by Crippen LogP contribution is 2.30. The Kier molecular flexibility index (Phi) is 12.6. The number of carbonyl (C=O) groups is 1. The summed E-state index contributed by atoms with van der Waals surface area (Å²) in [6.45, 7) is 7.21. The van der Waals surface area contributed by atoms with Gasteiger partial charge in [-0.15, -0.1) is 0 Å². The third-order valence-corrected chi connectivity index (χ3v) is 6.68. The van der Waals surface area contributed by atoms with Crippen LogP contribution in [0.5, 0.6) is 0 Å². The molecular weight excluding hydrogens is 476 g/mol. The van der Waals surface area contributed by atoms with Crippen molar-refractivity contribution in [2.75, 3.05) is 65.9 Å². The summed E-state index contributed by atoms with van der Waals surface area (Å²) in [5, 5.41) is 36.8. The van der Waals surface area contributed by atoms with Crippen LogP contribution in [0.1, 0.15) is 22.3 Å². The molecule has 1 aliphatic carbocycles. The lowest BCUT2D eigenvalue weighted by Crippen LogP contribution is -2.54. The summed E-state index contributed by atoms with van der Waals surface area (Å²) >= 11 is 1.29. The Hall–Kier alpha value is -2.06. The zero-order chi connectivity index (χ0) is 25.7. The lowest BCUT2D eigenvalue weighted by atomic mass is 9.86. The van der Waals surface area contributed by atoms with Gasteiger partial charge in [0.05, 0.1) is 75.4 Å². The molecule has 11 nitrogen and oxygen atoms in total. The molecule has 1 aromatic heterocycles. The monoisotopic (exact) mass is 513 g/mol. The Morgan fingerprint density at radius 3 is 2.26 bits per heavy atom. The number of aromatic carboxylic acids is 1. The molecule has 0 aliphatic heterocycles. The lowest BCUT2D eigenvalue weighted by molar-refractivity contribution is -0.657. The Bertz CT molecular complexity index is 889. The van der Waals surface area contributed by atoms with E-state index in [4.69, 9.17) is 24.4 Å². The van der Waals surface area contributed by atoms with Crippen LogP contribution in [0.25, 0.3) is 0 Å². The smallest absolute Gasteiger partial charge is 0.408 e. The fourth-order valence-electron chi connectivity index (χ4n) is 3.74. The number of aliphatic hydroxyl groups is 2. The molecule has 2 atom stereocenters. The third kappa shape index (κ3) is 8.53. The minimum absolute atomic E-state index is 0.0174. The van der Waals surface area contributed by atoms with Crippen molar-refractivity contribution < 1.29 is 38.9 Å². The van der Waals surface area contributed by atoms with Crippen molar-refractivity contribution in [2.45, 2.75) is 25.4 Å². The van der Waals surface area contributed by atoms with E-state index in [2.05, 4.69) is 28.1 Å². The molecule has 1 heterocycles. The molecule has 0 fully saturated rings. The second-order valence-electron chi connectivity index (χ2n) is 8.06. The molecule has 1 aliphatic rings. The highest BCUT2D eigenvalue weighted by atomic mass is 32.1. The predicted octanol–water partition coefficient (Wildman–Crippen LogP) is 1.25. The van der Waals surface area contributed by atoms with E-state index in [0.29, 0.717) is 49.5 Å². The van der Waals surface area contributed by atoms with Crippen molar-refractivity contribution >= 4 is 22.4 Å². The Morgan fingerprint density at radius 1 is 1.09 bits per heavy atom. The number of allylic oxidation sites excluding steroid dienone is 2. The van der Waals surface area contributed by atoms with Crippen molar-refractivity contribution in [1.82, 2.24) is 4.90 Å². The number of carboxylic acids is 1. The van der Waals surface area contributed by atoms with E-state index in [9.17, 15) is 9.90 Å². The van der Waals surface area contributed by atoms with Crippen molar-refractivity contribution in [3.05, 3.63) is 34.9 Å². The van der Waals surface area contributed by atoms with Gasteiger partial charge in [-0.2, -0.15) is 0 Å². The summed E-state index contributed by atoms with van der Waals surface area (Å²) in [7, 11) is 1.67. The van der Waals surface area contributed by atoms with Crippen LogP contribution < -0.4 is 4.57 Å². The first-order chi connectivity index (χ1) is 16.8. The first-order valence-corrected chi connectivity index (χ1v) is 12.4. The van der Waals surface area contributed by atoms with E-state index in [1.165, 1.54) is 11.3 Å². The van der Waals surface area contributed by atoms with Gasteiger partial charge in [-0.25, -0.2) is 9.36 Å². The Labute approximate surface area is 210 Å². The van der Waals surface area contributed by atoms with Crippen LogP contribution in [0.4, 0.5) is 5.13 Å². The van der Waals surface area contributed by atoms with Crippen molar-refractivity contribution in [1.29, 1.82) is 0 Å². The molecule has 0 aromatic carbocycles. The van der Waals surface area contributed by atoms with E-state index >= 15 is 0 Å². The number of hydrogen-bond donors (Lipinski definition) is 3. The summed E-state index contributed by atoms with van der Waals surface area (Å²) in [5.41, 5.74) is -0.327. The predicted molar refractivity (Wildman–Crippen MR) is 130 cm³/mol. The standard InChI is InChI=1S/C23H36N4O7S/c1-18-20(21(30)31)26(3)22(35-18)25-24-19-6-4-5-7-23(19,2)27(8-12-32-14-10-28)9-13-33-16-17-34-15-11-29/h4-7,19,28-29H,8-17H2,1-3H3/p+1. The number of ether oxygens (including phenoxy) is 3. The summed E-state index contributed by atoms with van der Waals surface area (Å²) in [4.78, 5) is 14.4. The molecule has 12 heteroatoms. The van der Waals surface area contributed by atoms with Crippen molar-refractivity contribution in [3.63, 3.8) is 0 Å². The van der Waals surface area contributed by atoms with Gasteiger partial charge in [0.1, 0.15) is 6.04 Å². The molecule has 3 N–H and O–H groups in total. The summed E-state index contributed by atoms with van der Waals surface area (Å²) in [6, 6.07) is -0.325. The van der Waals surface area contributed by atoms with Crippen LogP contribution in [0.2, 0.25) is 0 Å². The average molecular weight is 514 g/mol. The number of azo groups is 1. The molecule has 0 saturated carbocycles. The second kappa shape index (κ2) is 15.1. The number of thiazole rings is 1. The van der Waals surface area contributed by atoms with Crippen LogP contribution in [-0.2, 0) is 21.3 Å². The van der Waals surface area contributed by atoms with Gasteiger partial charge < -0.3 is 29.5 Å². The number of hydrogen-bond acceptors (Lipinski definition) is 10. The minimum Gasteiger partial charge on any atom is -0.475 e. The van der Waals surface area contributed by atoms with Gasteiger partial charge in [-0.1, -0.05) is 29.4 Å². The van der Waals surface area contributed by atoms with Gasteiger partial charge in [0, 0.05) is 13.1 Å². The number of carboxylic acid groups (broad SMARTS) is 1. The molecule has 0 amide bonds. The van der Waals surface area contributed by atoms with E-state index in [-0.39, 0.29) is 38.2 Å². The van der Waals surface area contributed by atoms with Crippen LogP contribution in [0, 0.1) is 6.92 Å². The van der Waals surface area contributed by atoms with Crippen LogP contribution in [0.15, 0.2) is 34.5 Å². The molecular formula is C23H37N4O7S+. The maximum absolute atomic E-state index is 11.5. The van der Waals surface area contributed by atoms with E-state index in [0.717, 1.165) is 0 Å². The minimum atomic E-state index is -0.996. The number of aromatic nitrogens is 1. The lowest BCUT2D eigenvalue weighted by Gasteiger charge is -2.42. The fraction of sp³-hybridized carbons (Fsp3) is 0.652. The molecule has 2 unspecified atom stereocenters. The van der Waals surface area contributed by atoms with E-state index < -0.39 is 11.5 Å². The van der Waals surface area contributed by atoms with E-state index in [1.807, 2.05) is 18.2 Å².